The lowest BCUT2D eigenvalue weighted by molar-refractivity contribution is -0.292. The molecule has 3 amide bonds. The van der Waals surface area contributed by atoms with Gasteiger partial charge in [0.05, 0.1) is 12.7 Å². The quantitative estimate of drug-likeness (QED) is 0.226. The summed E-state index contributed by atoms with van der Waals surface area (Å²) in [4.78, 5) is 50.8. The zero-order chi connectivity index (χ0) is 22.3. The van der Waals surface area contributed by atoms with Gasteiger partial charge in [-0.15, -0.1) is 5.06 Å². The van der Waals surface area contributed by atoms with Crippen molar-refractivity contribution in [2.45, 2.75) is 76.2 Å². The molecule has 170 valence electrons. The summed E-state index contributed by atoms with van der Waals surface area (Å²) >= 11 is 0. The number of amides is 3. The van der Waals surface area contributed by atoms with E-state index in [0.717, 1.165) is 0 Å². The van der Waals surface area contributed by atoms with Crippen LogP contribution in [0.2, 0.25) is 0 Å². The number of unbranched alkanes of at least 4 members (excludes halogenated alkanes) is 1. The molecule has 2 rings (SSSR count). The summed E-state index contributed by atoms with van der Waals surface area (Å²) in [6.45, 7) is 1.70. The predicted molar refractivity (Wildman–Crippen MR) is 97.0 cm³/mol. The van der Waals surface area contributed by atoms with Crippen molar-refractivity contribution in [3.8, 4) is 0 Å². The lowest BCUT2D eigenvalue weighted by Gasteiger charge is -2.38. The Morgan fingerprint density at radius 1 is 1.07 bits per heavy atom. The number of hydroxylamine groups is 2. The maximum absolute atomic E-state index is 11.8. The predicted octanol–water partition coefficient (Wildman–Crippen LogP) is -1.89. The van der Waals surface area contributed by atoms with Gasteiger partial charge in [0.2, 0.25) is 5.91 Å². The molecule has 5 atom stereocenters. The molecule has 2 fully saturated rings. The summed E-state index contributed by atoms with van der Waals surface area (Å²) in [5.74, 6) is -2.06. The minimum atomic E-state index is -1.40. The smallest absolute Gasteiger partial charge is 0.333 e. The van der Waals surface area contributed by atoms with Gasteiger partial charge in [0.25, 0.3) is 11.8 Å². The Kier molecular flexibility index (Phi) is 9.11. The lowest BCUT2D eigenvalue weighted by Crippen LogP contribution is -2.57. The molecule has 12 heteroatoms. The molecule has 0 bridgehead atoms. The SMILES string of the molecule is C[C@@H]1O[C@@H](OCCNC(=O)CCCCC(=O)ON2C(=O)CCC2=O)[C@@H](O)[C@H](O)[C@@H]1O. The molecule has 2 saturated heterocycles. The Morgan fingerprint density at radius 2 is 1.70 bits per heavy atom. The van der Waals surface area contributed by atoms with Crippen LogP contribution in [0.25, 0.3) is 0 Å². The second-order valence-corrected chi connectivity index (χ2v) is 7.15. The Bertz CT molecular complexity index is 626. The van der Waals surface area contributed by atoms with Gasteiger partial charge in [0.15, 0.2) is 6.29 Å². The highest BCUT2D eigenvalue weighted by Crippen LogP contribution is 2.21. The van der Waals surface area contributed by atoms with Crippen LogP contribution in [-0.4, -0.2) is 87.9 Å². The zero-order valence-electron chi connectivity index (χ0n) is 16.7. The Hall–Kier alpha value is -2.12. The average molecular weight is 432 g/mol. The summed E-state index contributed by atoms with van der Waals surface area (Å²) in [6.07, 6.45) is -4.91. The first-order valence-electron chi connectivity index (χ1n) is 9.85. The number of aliphatic hydroxyl groups excluding tert-OH is 3. The molecule has 12 nitrogen and oxygen atoms in total. The highest BCUT2D eigenvalue weighted by atomic mass is 16.7. The molecule has 0 aliphatic carbocycles. The third-order valence-corrected chi connectivity index (χ3v) is 4.75. The molecule has 4 N–H and O–H groups in total. The largest absolute Gasteiger partial charge is 0.388 e. The van der Waals surface area contributed by atoms with E-state index in [0.29, 0.717) is 17.9 Å². The van der Waals surface area contributed by atoms with Gasteiger partial charge < -0.3 is 34.9 Å². The number of nitrogens with one attached hydrogen (secondary N) is 1. The van der Waals surface area contributed by atoms with Crippen LogP contribution in [0.1, 0.15) is 45.4 Å². The van der Waals surface area contributed by atoms with Gasteiger partial charge >= 0.3 is 5.97 Å². The standard InChI is InChI=1S/C18H28N2O10/c1-10-15(25)16(26)17(27)18(29-10)28-9-8-19-11(21)4-2-3-5-14(24)30-20-12(22)6-7-13(20)23/h10,15-18,25-27H,2-9H2,1H3,(H,19,21)/t10-,15+,16+,17-,18+/m0/s1. The Morgan fingerprint density at radius 3 is 2.37 bits per heavy atom. The molecule has 0 saturated carbocycles. The van der Waals surface area contributed by atoms with E-state index in [9.17, 15) is 34.5 Å². The summed E-state index contributed by atoms with van der Waals surface area (Å²) in [7, 11) is 0. The molecule has 2 aliphatic heterocycles. The summed E-state index contributed by atoms with van der Waals surface area (Å²) in [6, 6.07) is 0. The van der Waals surface area contributed by atoms with Crippen LogP contribution in [0, 0.1) is 0 Å². The van der Waals surface area contributed by atoms with E-state index in [4.69, 9.17) is 14.3 Å². The van der Waals surface area contributed by atoms with Gasteiger partial charge in [-0.1, -0.05) is 0 Å². The van der Waals surface area contributed by atoms with E-state index in [-0.39, 0.29) is 44.7 Å². The fourth-order valence-electron chi connectivity index (χ4n) is 2.97. The second-order valence-electron chi connectivity index (χ2n) is 7.15. The Balaban J connectivity index is 1.53. The van der Waals surface area contributed by atoms with Crippen LogP contribution >= 0.6 is 0 Å². The van der Waals surface area contributed by atoms with Gasteiger partial charge in [-0.25, -0.2) is 4.79 Å². The molecule has 0 radical (unpaired) electrons. The number of imide groups is 1. The van der Waals surface area contributed by atoms with E-state index >= 15 is 0 Å². The van der Waals surface area contributed by atoms with Crippen molar-refractivity contribution in [1.82, 2.24) is 10.4 Å². The molecule has 0 unspecified atom stereocenters. The number of carbonyl (C=O) groups is 4. The second kappa shape index (κ2) is 11.3. The summed E-state index contributed by atoms with van der Waals surface area (Å²) in [5.41, 5.74) is 0. The first kappa shape index (κ1) is 24.2. The van der Waals surface area contributed by atoms with Crippen molar-refractivity contribution in [3.63, 3.8) is 0 Å². The van der Waals surface area contributed by atoms with E-state index in [2.05, 4.69) is 5.32 Å². The number of hydrogen-bond donors (Lipinski definition) is 4. The van der Waals surface area contributed by atoms with Crippen LogP contribution in [-0.2, 0) is 33.5 Å². The normalized spacial score (nSPS) is 29.2. The fraction of sp³-hybridized carbons (Fsp3) is 0.778. The van der Waals surface area contributed by atoms with Crippen LogP contribution in [0.3, 0.4) is 0 Å². The van der Waals surface area contributed by atoms with Gasteiger partial charge in [0, 0.05) is 32.2 Å². The van der Waals surface area contributed by atoms with Crippen molar-refractivity contribution < 1.29 is 48.8 Å². The third-order valence-electron chi connectivity index (χ3n) is 4.75. The van der Waals surface area contributed by atoms with E-state index in [1.165, 1.54) is 6.92 Å². The zero-order valence-corrected chi connectivity index (χ0v) is 16.7. The molecule has 30 heavy (non-hydrogen) atoms. The van der Waals surface area contributed by atoms with Gasteiger partial charge in [-0.3, -0.25) is 14.4 Å². The van der Waals surface area contributed by atoms with Crippen molar-refractivity contribution in [2.24, 2.45) is 0 Å². The van der Waals surface area contributed by atoms with Crippen molar-refractivity contribution in [2.75, 3.05) is 13.2 Å². The highest BCUT2D eigenvalue weighted by Gasteiger charge is 2.42. The molecule has 2 aliphatic rings. The topological polar surface area (TPSA) is 172 Å². The first-order valence-corrected chi connectivity index (χ1v) is 9.85. The average Bonchev–Trinajstić information content (AvgIpc) is 3.02. The number of hydrogen-bond acceptors (Lipinski definition) is 10. The number of carbonyl (C=O) groups excluding carboxylic acids is 4. The first-order chi connectivity index (χ1) is 14.2. The molecule has 0 aromatic rings. The number of aliphatic hydroxyl groups is 3. The summed E-state index contributed by atoms with van der Waals surface area (Å²) < 4.78 is 10.6. The maximum atomic E-state index is 11.8. The van der Waals surface area contributed by atoms with E-state index in [1.807, 2.05) is 0 Å². The molecular weight excluding hydrogens is 404 g/mol. The summed E-state index contributed by atoms with van der Waals surface area (Å²) in [5, 5.41) is 32.2. The molecule has 0 aromatic carbocycles. The number of nitrogens with zero attached hydrogens (tertiary/aromatic N) is 1. The van der Waals surface area contributed by atoms with E-state index in [1.54, 1.807) is 0 Å². The van der Waals surface area contributed by atoms with Crippen molar-refractivity contribution >= 4 is 23.7 Å². The molecule has 0 aromatic heterocycles. The van der Waals surface area contributed by atoms with Gasteiger partial charge in [-0.2, -0.15) is 0 Å². The highest BCUT2D eigenvalue weighted by molar-refractivity contribution is 6.01. The van der Waals surface area contributed by atoms with Gasteiger partial charge in [-0.05, 0) is 19.8 Å². The number of rotatable bonds is 10. The molecular formula is C18H28N2O10. The third kappa shape index (κ3) is 6.71. The lowest BCUT2D eigenvalue weighted by atomic mass is 10.0. The minimum Gasteiger partial charge on any atom is -0.388 e. The van der Waals surface area contributed by atoms with Gasteiger partial charge in [0.1, 0.15) is 18.3 Å². The van der Waals surface area contributed by atoms with Crippen LogP contribution in [0.4, 0.5) is 0 Å². The monoisotopic (exact) mass is 432 g/mol. The maximum Gasteiger partial charge on any atom is 0.333 e. The fourth-order valence-corrected chi connectivity index (χ4v) is 2.97. The van der Waals surface area contributed by atoms with Crippen LogP contribution in [0.5, 0.6) is 0 Å². The number of ether oxygens (including phenoxy) is 2. The molecule has 2 heterocycles. The van der Waals surface area contributed by atoms with Crippen molar-refractivity contribution in [3.05, 3.63) is 0 Å². The van der Waals surface area contributed by atoms with Crippen LogP contribution < -0.4 is 5.32 Å². The Labute approximate surface area is 173 Å². The molecule has 0 spiro atoms. The van der Waals surface area contributed by atoms with E-state index < -0.39 is 48.5 Å². The minimum absolute atomic E-state index is 0.0211. The van der Waals surface area contributed by atoms with Crippen molar-refractivity contribution in [1.29, 1.82) is 0 Å². The van der Waals surface area contributed by atoms with Crippen LogP contribution in [0.15, 0.2) is 0 Å².